The summed E-state index contributed by atoms with van der Waals surface area (Å²) in [5.74, 6) is -0.411. The highest BCUT2D eigenvalue weighted by Gasteiger charge is 2.26. The molecule has 2 aromatic rings. The van der Waals surface area contributed by atoms with Gasteiger partial charge in [-0.15, -0.1) is 11.3 Å². The van der Waals surface area contributed by atoms with Crippen molar-refractivity contribution in [3.8, 4) is 0 Å². The zero-order valence-corrected chi connectivity index (χ0v) is 17.2. The number of nitrogens with one attached hydrogen (secondary N) is 2. The van der Waals surface area contributed by atoms with E-state index in [1.54, 1.807) is 27.0 Å². The molecule has 0 bridgehead atoms. The number of hydrogen-bond donors (Lipinski definition) is 2. The molecule has 0 aliphatic rings. The molecular weight excluding hydrogens is 386 g/mol. The molecule has 0 aromatic carbocycles. The lowest BCUT2D eigenvalue weighted by molar-refractivity contribution is 0.0527. The van der Waals surface area contributed by atoms with Crippen molar-refractivity contribution in [2.24, 2.45) is 0 Å². The normalized spacial score (nSPS) is 10.2. The monoisotopic (exact) mass is 407 g/mol. The first-order valence-electron chi connectivity index (χ1n) is 8.36. The van der Waals surface area contributed by atoms with E-state index in [1.165, 1.54) is 0 Å². The molecule has 0 amide bonds. The molecule has 144 valence electrons. The topological polar surface area (TPSA) is 89.5 Å². The summed E-state index contributed by atoms with van der Waals surface area (Å²) in [5, 5.41) is 6.63. The molecular formula is C18H21N3O4S2. The van der Waals surface area contributed by atoms with Gasteiger partial charge in [0.2, 0.25) is 0 Å². The molecule has 2 aromatic heterocycles. The summed E-state index contributed by atoms with van der Waals surface area (Å²) in [7, 11) is 0. The lowest BCUT2D eigenvalue weighted by Gasteiger charge is -2.11. The number of anilines is 2. The maximum atomic E-state index is 12.4. The second kappa shape index (κ2) is 9.43. The van der Waals surface area contributed by atoms with Crippen molar-refractivity contribution in [3.05, 3.63) is 39.9 Å². The molecule has 0 saturated heterocycles. The summed E-state index contributed by atoms with van der Waals surface area (Å²) in [4.78, 5) is 29.1. The van der Waals surface area contributed by atoms with Crippen molar-refractivity contribution in [2.75, 3.05) is 23.8 Å². The molecule has 9 heteroatoms. The number of carbonyl (C=O) groups excluding carboxylic acids is 2. The number of carbonyl (C=O) groups is 2. The van der Waals surface area contributed by atoms with Crippen molar-refractivity contribution in [3.63, 3.8) is 0 Å². The number of pyridine rings is 1. The van der Waals surface area contributed by atoms with E-state index in [0.717, 1.165) is 16.9 Å². The number of rotatable bonds is 6. The van der Waals surface area contributed by atoms with E-state index in [2.05, 4.69) is 15.6 Å². The molecule has 0 radical (unpaired) electrons. The molecule has 0 aliphatic carbocycles. The minimum absolute atomic E-state index is 0.220. The number of aryl methyl sites for hydroxylation is 1. The van der Waals surface area contributed by atoms with E-state index < -0.39 is 11.9 Å². The quantitative estimate of drug-likeness (QED) is 0.550. The predicted octanol–water partition coefficient (Wildman–Crippen LogP) is 3.92. The summed E-state index contributed by atoms with van der Waals surface area (Å²) < 4.78 is 10.2. The molecule has 2 heterocycles. The number of aromatic nitrogens is 1. The number of hydrogen-bond acceptors (Lipinski definition) is 7. The Hall–Kier alpha value is -2.52. The van der Waals surface area contributed by atoms with Crippen LogP contribution in [0, 0.1) is 13.8 Å². The summed E-state index contributed by atoms with van der Waals surface area (Å²) in [6, 6.07) is 3.72. The zero-order valence-electron chi connectivity index (χ0n) is 15.5. The Morgan fingerprint density at radius 2 is 1.81 bits per heavy atom. The van der Waals surface area contributed by atoms with Crippen molar-refractivity contribution in [1.29, 1.82) is 0 Å². The van der Waals surface area contributed by atoms with E-state index in [4.69, 9.17) is 21.7 Å². The van der Waals surface area contributed by atoms with Crippen LogP contribution in [0.25, 0.3) is 0 Å². The van der Waals surface area contributed by atoms with Gasteiger partial charge in [-0.05, 0) is 57.1 Å². The minimum atomic E-state index is -0.527. The summed E-state index contributed by atoms with van der Waals surface area (Å²) in [6.07, 6.45) is 1.65. The third-order valence-electron chi connectivity index (χ3n) is 3.56. The van der Waals surface area contributed by atoms with Crippen LogP contribution in [-0.4, -0.2) is 35.2 Å². The molecule has 0 atom stereocenters. The lowest BCUT2D eigenvalue weighted by Crippen LogP contribution is -2.21. The Kier molecular flexibility index (Phi) is 7.26. The Labute approximate surface area is 167 Å². The first kappa shape index (κ1) is 20.8. The Morgan fingerprint density at radius 1 is 1.15 bits per heavy atom. The van der Waals surface area contributed by atoms with Crippen LogP contribution >= 0.6 is 23.6 Å². The average molecular weight is 408 g/mol. The minimum Gasteiger partial charge on any atom is -0.462 e. The van der Waals surface area contributed by atoms with E-state index in [0.29, 0.717) is 21.3 Å². The van der Waals surface area contributed by atoms with E-state index in [1.807, 2.05) is 19.1 Å². The standard InChI is InChI=1S/C18H21N3O4S2/c1-5-24-16(22)12-11(4)13(17(23)25-6-2)27-15(12)21-18(26)20-14-10(3)8-7-9-19-14/h7-9H,5-6H2,1-4H3,(H2,19,20,21,26). The average Bonchev–Trinajstić information content (AvgIpc) is 2.93. The SMILES string of the molecule is CCOC(=O)c1sc(NC(=S)Nc2ncccc2C)c(C(=O)OCC)c1C. The van der Waals surface area contributed by atoms with Gasteiger partial charge in [-0.1, -0.05) is 6.07 Å². The molecule has 2 N–H and O–H groups in total. The van der Waals surface area contributed by atoms with Gasteiger partial charge in [-0.25, -0.2) is 14.6 Å². The van der Waals surface area contributed by atoms with Gasteiger partial charge in [-0.3, -0.25) is 0 Å². The van der Waals surface area contributed by atoms with Gasteiger partial charge >= 0.3 is 11.9 Å². The van der Waals surface area contributed by atoms with E-state index in [9.17, 15) is 9.59 Å². The van der Waals surface area contributed by atoms with Crippen LogP contribution in [0.2, 0.25) is 0 Å². The first-order valence-corrected chi connectivity index (χ1v) is 9.58. The number of thiophene rings is 1. The molecule has 0 spiro atoms. The van der Waals surface area contributed by atoms with Gasteiger partial charge in [0.05, 0.1) is 18.8 Å². The van der Waals surface area contributed by atoms with Crippen molar-refractivity contribution < 1.29 is 19.1 Å². The number of thiocarbonyl (C=S) groups is 1. The number of nitrogens with zero attached hydrogens (tertiary/aromatic N) is 1. The highest BCUT2D eigenvalue weighted by Crippen LogP contribution is 2.34. The fraction of sp³-hybridized carbons (Fsp3) is 0.333. The van der Waals surface area contributed by atoms with Crippen LogP contribution < -0.4 is 10.6 Å². The van der Waals surface area contributed by atoms with Gasteiger partial charge in [0.1, 0.15) is 15.7 Å². The smallest absolute Gasteiger partial charge is 0.348 e. The largest absolute Gasteiger partial charge is 0.462 e. The molecule has 0 aliphatic heterocycles. The third kappa shape index (κ3) is 5.01. The van der Waals surface area contributed by atoms with Gasteiger partial charge in [0.25, 0.3) is 0 Å². The van der Waals surface area contributed by atoms with Crippen LogP contribution in [-0.2, 0) is 9.47 Å². The van der Waals surface area contributed by atoms with Gasteiger partial charge < -0.3 is 20.1 Å². The Bertz CT molecular complexity index is 864. The second-order valence-electron chi connectivity index (χ2n) is 5.45. The highest BCUT2D eigenvalue weighted by molar-refractivity contribution is 7.80. The molecule has 0 saturated carbocycles. The second-order valence-corrected chi connectivity index (χ2v) is 6.88. The van der Waals surface area contributed by atoms with Crippen LogP contribution in [0.15, 0.2) is 18.3 Å². The molecule has 2 rings (SSSR count). The Balaban J connectivity index is 2.32. The van der Waals surface area contributed by atoms with E-state index >= 15 is 0 Å². The van der Waals surface area contributed by atoms with Gasteiger partial charge in [-0.2, -0.15) is 0 Å². The first-order chi connectivity index (χ1) is 12.9. The van der Waals surface area contributed by atoms with Gasteiger partial charge in [0.15, 0.2) is 5.11 Å². The third-order valence-corrected chi connectivity index (χ3v) is 4.95. The van der Waals surface area contributed by atoms with Crippen LogP contribution in [0.5, 0.6) is 0 Å². The maximum absolute atomic E-state index is 12.4. The highest BCUT2D eigenvalue weighted by atomic mass is 32.1. The van der Waals surface area contributed by atoms with Crippen LogP contribution in [0.4, 0.5) is 10.8 Å². The molecule has 7 nitrogen and oxygen atoms in total. The number of esters is 2. The van der Waals surface area contributed by atoms with Crippen LogP contribution in [0.1, 0.15) is 45.0 Å². The van der Waals surface area contributed by atoms with Crippen molar-refractivity contribution in [1.82, 2.24) is 4.98 Å². The predicted molar refractivity (Wildman–Crippen MR) is 110 cm³/mol. The van der Waals surface area contributed by atoms with Crippen molar-refractivity contribution >= 4 is 51.4 Å². The lowest BCUT2D eigenvalue weighted by atomic mass is 10.1. The molecule has 27 heavy (non-hydrogen) atoms. The fourth-order valence-electron chi connectivity index (χ4n) is 2.30. The van der Waals surface area contributed by atoms with Crippen LogP contribution in [0.3, 0.4) is 0 Å². The van der Waals surface area contributed by atoms with Crippen molar-refractivity contribution in [2.45, 2.75) is 27.7 Å². The summed E-state index contributed by atoms with van der Waals surface area (Å²) in [6.45, 7) is 7.48. The van der Waals surface area contributed by atoms with Gasteiger partial charge in [0, 0.05) is 6.20 Å². The molecule has 0 fully saturated rings. The molecule has 0 unspecified atom stereocenters. The summed E-state index contributed by atoms with van der Waals surface area (Å²) in [5.41, 5.74) is 1.69. The van der Waals surface area contributed by atoms with E-state index in [-0.39, 0.29) is 23.9 Å². The maximum Gasteiger partial charge on any atom is 0.348 e. The number of ether oxygens (including phenoxy) is 2. The summed E-state index contributed by atoms with van der Waals surface area (Å²) >= 11 is 6.43. The fourth-order valence-corrected chi connectivity index (χ4v) is 3.66. The Morgan fingerprint density at radius 3 is 2.44 bits per heavy atom. The zero-order chi connectivity index (χ0) is 20.0.